The van der Waals surface area contributed by atoms with Crippen molar-refractivity contribution >= 4 is 11.3 Å². The average molecular weight is 240 g/mol. The summed E-state index contributed by atoms with van der Waals surface area (Å²) in [5.74, 6) is 0. The van der Waals surface area contributed by atoms with Gasteiger partial charge in [0.25, 0.3) is 0 Å². The van der Waals surface area contributed by atoms with E-state index in [1.54, 1.807) is 0 Å². The standard InChI is InChI=1S/C13H24N2S/c1-5-7-12(6-2)14-9-8-13-15-10(3)11(4)16-13/h12,14H,5-9H2,1-4H3. The third-order valence-corrected chi connectivity index (χ3v) is 4.11. The predicted octanol–water partition coefficient (Wildman–Crippen LogP) is 3.47. The van der Waals surface area contributed by atoms with Gasteiger partial charge < -0.3 is 5.32 Å². The van der Waals surface area contributed by atoms with Crippen LogP contribution in [0.2, 0.25) is 0 Å². The van der Waals surface area contributed by atoms with E-state index in [1.165, 1.54) is 34.8 Å². The Morgan fingerprint density at radius 2 is 2.06 bits per heavy atom. The summed E-state index contributed by atoms with van der Waals surface area (Å²) >= 11 is 1.84. The van der Waals surface area contributed by atoms with Gasteiger partial charge in [-0.25, -0.2) is 4.98 Å². The number of thiazole rings is 1. The van der Waals surface area contributed by atoms with Gasteiger partial charge in [-0.15, -0.1) is 11.3 Å². The van der Waals surface area contributed by atoms with E-state index in [9.17, 15) is 0 Å². The third kappa shape index (κ3) is 4.22. The maximum atomic E-state index is 4.56. The van der Waals surface area contributed by atoms with Crippen LogP contribution in [0, 0.1) is 13.8 Å². The minimum Gasteiger partial charge on any atom is -0.314 e. The fourth-order valence-corrected chi connectivity index (χ4v) is 2.76. The van der Waals surface area contributed by atoms with Crippen LogP contribution < -0.4 is 5.32 Å². The molecule has 0 aliphatic carbocycles. The van der Waals surface area contributed by atoms with Crippen molar-refractivity contribution in [3.05, 3.63) is 15.6 Å². The fraction of sp³-hybridized carbons (Fsp3) is 0.769. The second kappa shape index (κ2) is 7.02. The van der Waals surface area contributed by atoms with Gasteiger partial charge in [0.15, 0.2) is 0 Å². The summed E-state index contributed by atoms with van der Waals surface area (Å²) < 4.78 is 0. The first-order valence-corrected chi connectivity index (χ1v) is 7.15. The molecular formula is C13H24N2S. The first-order chi connectivity index (χ1) is 7.67. The van der Waals surface area contributed by atoms with Gasteiger partial charge in [0.05, 0.1) is 10.7 Å². The average Bonchev–Trinajstić information content (AvgIpc) is 2.57. The van der Waals surface area contributed by atoms with Crippen LogP contribution in [0.5, 0.6) is 0 Å². The quantitative estimate of drug-likeness (QED) is 0.789. The number of aromatic nitrogens is 1. The number of hydrogen-bond donors (Lipinski definition) is 1. The molecule has 0 saturated carbocycles. The molecule has 0 saturated heterocycles. The molecule has 1 atom stereocenters. The summed E-state index contributed by atoms with van der Waals surface area (Å²) in [5, 5.41) is 4.89. The van der Waals surface area contributed by atoms with Crippen molar-refractivity contribution in [1.29, 1.82) is 0 Å². The first kappa shape index (κ1) is 13.7. The van der Waals surface area contributed by atoms with E-state index in [4.69, 9.17) is 0 Å². The van der Waals surface area contributed by atoms with E-state index < -0.39 is 0 Å². The highest BCUT2D eigenvalue weighted by Gasteiger charge is 2.06. The molecule has 1 aromatic rings. The molecule has 92 valence electrons. The van der Waals surface area contributed by atoms with Gasteiger partial charge in [-0.3, -0.25) is 0 Å². The van der Waals surface area contributed by atoms with Gasteiger partial charge in [0.2, 0.25) is 0 Å². The summed E-state index contributed by atoms with van der Waals surface area (Å²) in [6.07, 6.45) is 4.84. The lowest BCUT2D eigenvalue weighted by Crippen LogP contribution is -2.30. The highest BCUT2D eigenvalue weighted by molar-refractivity contribution is 7.11. The van der Waals surface area contributed by atoms with Crippen molar-refractivity contribution in [1.82, 2.24) is 10.3 Å². The zero-order valence-electron chi connectivity index (χ0n) is 11.0. The molecular weight excluding hydrogens is 216 g/mol. The Kier molecular flexibility index (Phi) is 5.99. The molecule has 0 aliphatic heterocycles. The maximum absolute atomic E-state index is 4.56. The van der Waals surface area contributed by atoms with E-state index in [0.717, 1.165) is 13.0 Å². The van der Waals surface area contributed by atoms with Crippen molar-refractivity contribution in [2.75, 3.05) is 6.54 Å². The third-order valence-electron chi connectivity index (χ3n) is 2.97. The molecule has 0 radical (unpaired) electrons. The largest absolute Gasteiger partial charge is 0.314 e. The molecule has 1 heterocycles. The van der Waals surface area contributed by atoms with Crippen molar-refractivity contribution in [3.8, 4) is 0 Å². The molecule has 0 amide bonds. The Morgan fingerprint density at radius 3 is 2.56 bits per heavy atom. The molecule has 0 spiro atoms. The lowest BCUT2D eigenvalue weighted by molar-refractivity contribution is 0.466. The van der Waals surface area contributed by atoms with E-state index in [0.29, 0.717) is 6.04 Å². The van der Waals surface area contributed by atoms with Crippen LogP contribution >= 0.6 is 11.3 Å². The second-order valence-corrected chi connectivity index (χ2v) is 5.63. The molecule has 2 nitrogen and oxygen atoms in total. The monoisotopic (exact) mass is 240 g/mol. The Labute approximate surface area is 103 Å². The number of nitrogens with one attached hydrogen (secondary N) is 1. The van der Waals surface area contributed by atoms with Crippen LogP contribution in [0.1, 0.15) is 48.7 Å². The van der Waals surface area contributed by atoms with Gasteiger partial charge >= 0.3 is 0 Å². The summed E-state index contributed by atoms with van der Waals surface area (Å²) in [5.41, 5.74) is 1.19. The SMILES string of the molecule is CCCC(CC)NCCc1nc(C)c(C)s1. The highest BCUT2D eigenvalue weighted by Crippen LogP contribution is 2.16. The summed E-state index contributed by atoms with van der Waals surface area (Å²) in [6, 6.07) is 0.687. The van der Waals surface area contributed by atoms with Crippen LogP contribution in [-0.4, -0.2) is 17.6 Å². The summed E-state index contributed by atoms with van der Waals surface area (Å²) in [7, 11) is 0. The van der Waals surface area contributed by atoms with Gasteiger partial charge in [-0.2, -0.15) is 0 Å². The molecule has 1 unspecified atom stereocenters. The minimum atomic E-state index is 0.687. The molecule has 1 rings (SSSR count). The van der Waals surface area contributed by atoms with Gasteiger partial charge in [-0.1, -0.05) is 20.3 Å². The maximum Gasteiger partial charge on any atom is 0.0943 e. The number of hydrogen-bond acceptors (Lipinski definition) is 3. The van der Waals surface area contributed by atoms with E-state index in [-0.39, 0.29) is 0 Å². The minimum absolute atomic E-state index is 0.687. The number of nitrogens with zero attached hydrogens (tertiary/aromatic N) is 1. The van der Waals surface area contributed by atoms with Gasteiger partial charge in [-0.05, 0) is 26.7 Å². The second-order valence-electron chi connectivity index (χ2n) is 4.35. The molecule has 0 bridgehead atoms. The zero-order chi connectivity index (χ0) is 12.0. The van der Waals surface area contributed by atoms with Gasteiger partial charge in [0, 0.05) is 23.9 Å². The molecule has 3 heteroatoms. The Balaban J connectivity index is 2.29. The van der Waals surface area contributed by atoms with E-state index in [1.807, 2.05) is 11.3 Å². The Hall–Kier alpha value is -0.410. The fourth-order valence-electron chi connectivity index (χ4n) is 1.83. The van der Waals surface area contributed by atoms with Crippen LogP contribution in [-0.2, 0) is 6.42 Å². The number of aryl methyl sites for hydroxylation is 2. The topological polar surface area (TPSA) is 24.9 Å². The lowest BCUT2D eigenvalue weighted by atomic mass is 10.1. The lowest BCUT2D eigenvalue weighted by Gasteiger charge is -2.15. The molecule has 0 aromatic carbocycles. The van der Waals surface area contributed by atoms with Gasteiger partial charge in [0.1, 0.15) is 0 Å². The molecule has 0 fully saturated rings. The normalized spacial score (nSPS) is 13.0. The smallest absolute Gasteiger partial charge is 0.0943 e. The molecule has 1 aromatic heterocycles. The van der Waals surface area contributed by atoms with Crippen LogP contribution in [0.3, 0.4) is 0 Å². The zero-order valence-corrected chi connectivity index (χ0v) is 11.8. The van der Waals surface area contributed by atoms with Crippen molar-refractivity contribution < 1.29 is 0 Å². The van der Waals surface area contributed by atoms with E-state index >= 15 is 0 Å². The van der Waals surface area contributed by atoms with Crippen LogP contribution in [0.25, 0.3) is 0 Å². The Bertz CT molecular complexity index is 287. The van der Waals surface area contributed by atoms with Crippen LogP contribution in [0.4, 0.5) is 0 Å². The summed E-state index contributed by atoms with van der Waals surface area (Å²) in [4.78, 5) is 5.91. The van der Waals surface area contributed by atoms with Crippen molar-refractivity contribution in [3.63, 3.8) is 0 Å². The molecule has 1 N–H and O–H groups in total. The molecule has 0 aliphatic rings. The van der Waals surface area contributed by atoms with Crippen molar-refractivity contribution in [2.45, 2.75) is 59.4 Å². The van der Waals surface area contributed by atoms with Crippen molar-refractivity contribution in [2.24, 2.45) is 0 Å². The Morgan fingerprint density at radius 1 is 1.31 bits per heavy atom. The first-order valence-electron chi connectivity index (χ1n) is 6.33. The van der Waals surface area contributed by atoms with E-state index in [2.05, 4.69) is 38.0 Å². The molecule has 16 heavy (non-hydrogen) atoms. The summed E-state index contributed by atoms with van der Waals surface area (Å²) in [6.45, 7) is 9.80. The highest BCUT2D eigenvalue weighted by atomic mass is 32.1. The number of rotatable bonds is 7. The predicted molar refractivity (Wildman–Crippen MR) is 72.3 cm³/mol. The van der Waals surface area contributed by atoms with Crippen LogP contribution in [0.15, 0.2) is 0 Å².